The van der Waals surface area contributed by atoms with Gasteiger partial charge in [0.05, 0.1) is 13.2 Å². The molecule has 1 aromatic rings. The number of hydrogen-bond acceptors (Lipinski definition) is 3. The zero-order valence-corrected chi connectivity index (χ0v) is 12.2. The first-order valence-corrected chi connectivity index (χ1v) is 6.56. The van der Waals surface area contributed by atoms with Crippen LogP contribution in [-0.2, 0) is 0 Å². The summed E-state index contributed by atoms with van der Waals surface area (Å²) in [6.07, 6.45) is 2.09. The minimum absolute atomic E-state index is 0.143. The van der Waals surface area contributed by atoms with E-state index in [-0.39, 0.29) is 11.6 Å². The summed E-state index contributed by atoms with van der Waals surface area (Å²) in [5, 5.41) is 0.736. The molecule has 0 spiro atoms. The van der Waals surface area contributed by atoms with E-state index < -0.39 is 0 Å². The van der Waals surface area contributed by atoms with Crippen LogP contribution in [0, 0.1) is 6.92 Å². The lowest BCUT2D eigenvalue weighted by Gasteiger charge is -2.32. The Kier molecular flexibility index (Phi) is 3.58. The second-order valence-corrected chi connectivity index (χ2v) is 5.88. The van der Waals surface area contributed by atoms with Gasteiger partial charge in [-0.1, -0.05) is 11.6 Å². The maximum absolute atomic E-state index is 6.41. The molecule has 1 aliphatic rings. The lowest BCUT2D eigenvalue weighted by molar-refractivity contribution is 0.238. The molecule has 4 heteroatoms. The summed E-state index contributed by atoms with van der Waals surface area (Å²) in [6, 6.07) is 4.04. The Hall–Kier alpha value is -0.770. The molecular weight excluding hydrogens is 248 g/mol. The normalized spacial score (nSPS) is 18.8. The van der Waals surface area contributed by atoms with E-state index in [4.69, 9.17) is 22.1 Å². The van der Waals surface area contributed by atoms with Crippen LogP contribution in [0.25, 0.3) is 0 Å². The van der Waals surface area contributed by atoms with Gasteiger partial charge in [0, 0.05) is 16.1 Å². The third-order valence-electron chi connectivity index (χ3n) is 3.66. The molecule has 0 saturated heterocycles. The fraction of sp³-hybridized carbons (Fsp3) is 0.571. The Morgan fingerprint density at radius 3 is 2.44 bits per heavy atom. The summed E-state index contributed by atoms with van der Waals surface area (Å²) < 4.78 is 5.54. The predicted octanol–water partition coefficient (Wildman–Crippen LogP) is 2.75. The van der Waals surface area contributed by atoms with Crippen molar-refractivity contribution in [1.82, 2.24) is 4.90 Å². The topological polar surface area (TPSA) is 38.5 Å². The van der Waals surface area contributed by atoms with Gasteiger partial charge >= 0.3 is 0 Å². The first kappa shape index (κ1) is 13.7. The Morgan fingerprint density at radius 2 is 2.00 bits per heavy atom. The zero-order valence-electron chi connectivity index (χ0n) is 11.5. The average Bonchev–Trinajstić information content (AvgIpc) is 2.95. The van der Waals surface area contributed by atoms with E-state index >= 15 is 0 Å². The number of methoxy groups -OCH3 is 1. The van der Waals surface area contributed by atoms with Crippen molar-refractivity contribution in [3.05, 3.63) is 28.3 Å². The number of nitrogens with zero attached hydrogens (tertiary/aromatic N) is 1. The Bertz CT molecular complexity index is 455. The number of nitrogens with two attached hydrogens (primary N) is 1. The summed E-state index contributed by atoms with van der Waals surface area (Å²) in [7, 11) is 5.79. The second kappa shape index (κ2) is 4.72. The van der Waals surface area contributed by atoms with Crippen LogP contribution in [0.2, 0.25) is 5.02 Å². The van der Waals surface area contributed by atoms with Gasteiger partial charge < -0.3 is 15.4 Å². The molecule has 0 bridgehead atoms. The lowest BCUT2D eigenvalue weighted by Crippen LogP contribution is -2.39. The van der Waals surface area contributed by atoms with Gasteiger partial charge in [-0.05, 0) is 51.6 Å². The number of hydrogen-bond donors (Lipinski definition) is 1. The number of halogens is 1. The molecule has 3 nitrogen and oxygen atoms in total. The Morgan fingerprint density at radius 1 is 1.39 bits per heavy atom. The number of ether oxygens (including phenoxy) is 1. The number of aryl methyl sites for hydroxylation is 1. The monoisotopic (exact) mass is 268 g/mol. The predicted molar refractivity (Wildman–Crippen MR) is 75.3 cm³/mol. The van der Waals surface area contributed by atoms with Crippen molar-refractivity contribution < 1.29 is 4.74 Å². The summed E-state index contributed by atoms with van der Waals surface area (Å²) in [5.41, 5.74) is 8.40. The van der Waals surface area contributed by atoms with Crippen molar-refractivity contribution >= 4 is 11.6 Å². The van der Waals surface area contributed by atoms with E-state index in [9.17, 15) is 0 Å². The Balaban J connectivity index is 2.53. The molecule has 0 aliphatic heterocycles. The standard InChI is InChI=1S/C14H21ClN2O/c1-9-7-10(15)8-11(12(9)18-4)13(17(2)3)14(16)5-6-14/h7-8,13H,5-6,16H2,1-4H3. The highest BCUT2D eigenvalue weighted by atomic mass is 35.5. The van der Waals surface area contributed by atoms with E-state index in [0.29, 0.717) is 0 Å². The SMILES string of the molecule is COc1c(C)cc(Cl)cc1C(N(C)C)C1(N)CC1. The molecule has 18 heavy (non-hydrogen) atoms. The van der Waals surface area contributed by atoms with Crippen molar-refractivity contribution in [1.29, 1.82) is 0 Å². The van der Waals surface area contributed by atoms with Crippen molar-refractivity contribution in [2.75, 3.05) is 21.2 Å². The Labute approximate surface area is 114 Å². The molecule has 1 aromatic carbocycles. The summed E-state index contributed by atoms with van der Waals surface area (Å²) in [4.78, 5) is 2.15. The molecule has 0 radical (unpaired) electrons. The minimum atomic E-state index is -0.145. The summed E-state index contributed by atoms with van der Waals surface area (Å²) in [6.45, 7) is 2.01. The van der Waals surface area contributed by atoms with Gasteiger partial charge in [-0.15, -0.1) is 0 Å². The number of benzene rings is 1. The van der Waals surface area contributed by atoms with Gasteiger partial charge in [-0.2, -0.15) is 0 Å². The average molecular weight is 269 g/mol. The molecule has 1 saturated carbocycles. The van der Waals surface area contributed by atoms with Crippen molar-refractivity contribution in [3.63, 3.8) is 0 Å². The molecule has 2 N–H and O–H groups in total. The molecule has 0 heterocycles. The molecular formula is C14H21ClN2O. The quantitative estimate of drug-likeness (QED) is 0.913. The minimum Gasteiger partial charge on any atom is -0.496 e. The van der Waals surface area contributed by atoms with Crippen LogP contribution < -0.4 is 10.5 Å². The second-order valence-electron chi connectivity index (χ2n) is 5.44. The van der Waals surface area contributed by atoms with Crippen LogP contribution in [0.15, 0.2) is 12.1 Å². The van der Waals surface area contributed by atoms with Crippen LogP contribution in [0.3, 0.4) is 0 Å². The molecule has 2 rings (SSSR count). The van der Waals surface area contributed by atoms with Gasteiger partial charge in [0.25, 0.3) is 0 Å². The highest BCUT2D eigenvalue weighted by Gasteiger charge is 2.48. The van der Waals surface area contributed by atoms with Crippen LogP contribution in [0.4, 0.5) is 0 Å². The van der Waals surface area contributed by atoms with Crippen molar-refractivity contribution in [3.8, 4) is 5.75 Å². The van der Waals surface area contributed by atoms with Crippen molar-refractivity contribution in [2.45, 2.75) is 31.3 Å². The third kappa shape index (κ3) is 2.35. The van der Waals surface area contributed by atoms with Crippen molar-refractivity contribution in [2.24, 2.45) is 5.73 Å². The molecule has 1 unspecified atom stereocenters. The fourth-order valence-corrected chi connectivity index (χ4v) is 3.04. The van der Waals surface area contributed by atoms with Crippen LogP contribution >= 0.6 is 11.6 Å². The molecule has 1 aliphatic carbocycles. The maximum atomic E-state index is 6.41. The molecule has 0 amide bonds. The molecule has 100 valence electrons. The van der Waals surface area contributed by atoms with Gasteiger partial charge in [-0.3, -0.25) is 0 Å². The van der Waals surface area contributed by atoms with E-state index in [1.165, 1.54) is 0 Å². The first-order chi connectivity index (χ1) is 8.39. The van der Waals surface area contributed by atoms with E-state index in [2.05, 4.69) is 4.90 Å². The molecule has 1 fully saturated rings. The first-order valence-electron chi connectivity index (χ1n) is 6.18. The van der Waals surface area contributed by atoms with Gasteiger partial charge in [0.15, 0.2) is 0 Å². The van der Waals surface area contributed by atoms with Crippen LogP contribution in [0.1, 0.15) is 30.0 Å². The smallest absolute Gasteiger partial charge is 0.126 e. The fourth-order valence-electron chi connectivity index (χ4n) is 2.76. The number of rotatable bonds is 4. The van der Waals surface area contributed by atoms with Gasteiger partial charge in [-0.25, -0.2) is 0 Å². The summed E-state index contributed by atoms with van der Waals surface area (Å²) in [5.74, 6) is 0.898. The maximum Gasteiger partial charge on any atom is 0.126 e. The van der Waals surface area contributed by atoms with E-state index in [1.54, 1.807) is 7.11 Å². The lowest BCUT2D eigenvalue weighted by atomic mass is 9.94. The van der Waals surface area contributed by atoms with Gasteiger partial charge in [0.1, 0.15) is 5.75 Å². The zero-order chi connectivity index (χ0) is 13.5. The third-order valence-corrected chi connectivity index (χ3v) is 3.87. The largest absolute Gasteiger partial charge is 0.496 e. The van der Waals surface area contributed by atoms with E-state index in [0.717, 1.165) is 34.7 Å². The van der Waals surface area contributed by atoms with Crippen LogP contribution in [-0.4, -0.2) is 31.6 Å². The van der Waals surface area contributed by atoms with Crippen LogP contribution in [0.5, 0.6) is 5.75 Å². The van der Waals surface area contributed by atoms with Gasteiger partial charge in [0.2, 0.25) is 0 Å². The highest BCUT2D eigenvalue weighted by Crippen LogP contribution is 2.49. The molecule has 0 aromatic heterocycles. The molecule has 1 atom stereocenters. The number of likely N-dealkylation sites (N-methyl/N-ethyl adjacent to an activating group) is 1. The highest BCUT2D eigenvalue weighted by molar-refractivity contribution is 6.30. The summed E-state index contributed by atoms with van der Waals surface area (Å²) >= 11 is 6.18. The van der Waals surface area contributed by atoms with E-state index in [1.807, 2.05) is 33.2 Å².